The summed E-state index contributed by atoms with van der Waals surface area (Å²) < 4.78 is 23.3. The zero-order chi connectivity index (χ0) is 33.2. The molecule has 0 aliphatic carbocycles. The fraction of sp³-hybridized carbons (Fsp3) is 0.441. The lowest BCUT2D eigenvalue weighted by molar-refractivity contribution is -0.142. The van der Waals surface area contributed by atoms with Crippen LogP contribution in [0.1, 0.15) is 30.9 Å². The topological polar surface area (TPSA) is 127 Å². The number of aliphatic imine (C=N–C) groups is 1. The van der Waals surface area contributed by atoms with Gasteiger partial charge in [0.15, 0.2) is 5.65 Å². The maximum atomic E-state index is 14.1. The van der Waals surface area contributed by atoms with Gasteiger partial charge in [0.1, 0.15) is 17.4 Å². The largest absolute Gasteiger partial charge is 0.383 e. The smallest absolute Gasteiger partial charge is 0.320 e. The Hall–Kier alpha value is -4.50. The van der Waals surface area contributed by atoms with Crippen molar-refractivity contribution in [2.45, 2.75) is 44.4 Å². The molecule has 48 heavy (non-hydrogen) atoms. The number of fused-ring (bicyclic) bond motifs is 1. The summed E-state index contributed by atoms with van der Waals surface area (Å²) in [5.74, 6) is -0.0120. The Balaban J connectivity index is 1.16. The molecule has 3 aromatic heterocycles. The van der Waals surface area contributed by atoms with Crippen LogP contribution in [0.5, 0.6) is 0 Å². The van der Waals surface area contributed by atoms with E-state index >= 15 is 0 Å². The Morgan fingerprint density at radius 1 is 1.17 bits per heavy atom. The number of amides is 2. The molecule has 1 unspecified atom stereocenters. The molecule has 252 valence electrons. The number of allylic oxidation sites excluding steroid dienone is 1. The van der Waals surface area contributed by atoms with Crippen LogP contribution in [-0.4, -0.2) is 112 Å². The molecule has 2 saturated heterocycles. The van der Waals surface area contributed by atoms with Crippen molar-refractivity contribution in [3.63, 3.8) is 0 Å². The number of hydrogen-bond acceptors (Lipinski definition) is 9. The molecule has 2 N–H and O–H groups in total. The first-order valence-corrected chi connectivity index (χ1v) is 16.4. The lowest BCUT2D eigenvalue weighted by atomic mass is 9.98. The highest BCUT2D eigenvalue weighted by atomic mass is 19.1. The standard InChI is InChI=1S/C34H41FN10O3/c1-22-30(24-17-27-33(37-19-24)44(21-38-27)25-10-13-42(2)14-11-25)41-45(26-7-5-4-6-8-26)32(22)40-34(46)39-28-20-43(15-16-47-3)48-31(28)23-9-12-36-29(35)18-23/h4-8,17-19,21,25,28,31H,9-16,20H2,1-3H3,(H2,39,40,46)/t28?,31-/m0/s1. The number of piperidine rings is 1. The summed E-state index contributed by atoms with van der Waals surface area (Å²) >= 11 is 0. The molecule has 0 bridgehead atoms. The van der Waals surface area contributed by atoms with E-state index in [0.717, 1.165) is 59.5 Å². The number of dihydropyridines is 1. The number of benzene rings is 1. The Morgan fingerprint density at radius 2 is 1.98 bits per heavy atom. The SMILES string of the molecule is COCCN1CC(NC(=O)Nc2c(C)c(-c3cnc4c(c3)ncn4C3CCN(C)CC3)nn2-c2ccccc2)[C@H](C2=CC(F)=NCC2)O1. The van der Waals surface area contributed by atoms with E-state index in [9.17, 15) is 9.18 Å². The van der Waals surface area contributed by atoms with Crippen molar-refractivity contribution in [3.8, 4) is 16.9 Å². The Morgan fingerprint density at radius 3 is 2.75 bits per heavy atom. The second kappa shape index (κ2) is 13.9. The lowest BCUT2D eigenvalue weighted by Gasteiger charge is -2.29. The number of hydrogen-bond donors (Lipinski definition) is 2. The molecular weight excluding hydrogens is 615 g/mol. The van der Waals surface area contributed by atoms with Crippen molar-refractivity contribution >= 4 is 29.0 Å². The number of pyridine rings is 1. The average Bonchev–Trinajstić information content (AvgIpc) is 3.80. The minimum atomic E-state index is -0.533. The van der Waals surface area contributed by atoms with E-state index in [4.69, 9.17) is 24.6 Å². The van der Waals surface area contributed by atoms with Gasteiger partial charge in [0, 0.05) is 50.1 Å². The predicted octanol–water partition coefficient (Wildman–Crippen LogP) is 4.31. The van der Waals surface area contributed by atoms with Gasteiger partial charge in [-0.05, 0) is 76.2 Å². The van der Waals surface area contributed by atoms with Crippen molar-refractivity contribution in [1.29, 1.82) is 0 Å². The molecule has 7 rings (SSSR count). The number of likely N-dealkylation sites (tertiary alicyclic amines) is 1. The van der Waals surface area contributed by atoms with Gasteiger partial charge in [-0.1, -0.05) is 18.2 Å². The predicted molar refractivity (Wildman–Crippen MR) is 181 cm³/mol. The molecule has 0 radical (unpaired) electrons. The van der Waals surface area contributed by atoms with Crippen LogP contribution in [0.25, 0.3) is 28.1 Å². The fourth-order valence-corrected chi connectivity index (χ4v) is 6.74. The third kappa shape index (κ3) is 6.61. The maximum absolute atomic E-state index is 14.1. The second-order valence-electron chi connectivity index (χ2n) is 12.6. The monoisotopic (exact) mass is 656 g/mol. The molecule has 14 heteroatoms. The van der Waals surface area contributed by atoms with E-state index in [-0.39, 0.29) is 0 Å². The number of urea groups is 1. The first-order valence-electron chi connectivity index (χ1n) is 16.4. The number of rotatable bonds is 9. The highest BCUT2D eigenvalue weighted by Crippen LogP contribution is 2.33. The summed E-state index contributed by atoms with van der Waals surface area (Å²) in [4.78, 5) is 35.6. The van der Waals surface area contributed by atoms with Crippen molar-refractivity contribution in [2.75, 3.05) is 58.8 Å². The summed E-state index contributed by atoms with van der Waals surface area (Å²) in [6.45, 7) is 5.75. The number of hydroxylamine groups is 2. The average molecular weight is 657 g/mol. The molecular formula is C34H41FN10O3. The van der Waals surface area contributed by atoms with E-state index in [2.05, 4.69) is 32.1 Å². The molecule has 4 aromatic rings. The molecule has 13 nitrogen and oxygen atoms in total. The molecule has 1 aromatic carbocycles. The van der Waals surface area contributed by atoms with E-state index in [1.54, 1.807) is 16.9 Å². The summed E-state index contributed by atoms with van der Waals surface area (Å²) in [7, 11) is 3.78. The van der Waals surface area contributed by atoms with E-state index < -0.39 is 24.1 Å². The molecule has 0 spiro atoms. The van der Waals surface area contributed by atoms with Crippen molar-refractivity contribution in [2.24, 2.45) is 4.99 Å². The van der Waals surface area contributed by atoms with Crippen molar-refractivity contribution in [3.05, 3.63) is 66.1 Å². The zero-order valence-electron chi connectivity index (χ0n) is 27.5. The summed E-state index contributed by atoms with van der Waals surface area (Å²) in [5, 5.41) is 12.9. The van der Waals surface area contributed by atoms with E-state index in [1.807, 2.05) is 55.8 Å². The number of ether oxygens (including phenoxy) is 1. The Kier molecular flexibility index (Phi) is 9.30. The molecule has 3 aliphatic rings. The fourth-order valence-electron chi connectivity index (χ4n) is 6.74. The second-order valence-corrected chi connectivity index (χ2v) is 12.6. The van der Waals surface area contributed by atoms with Gasteiger partial charge in [0.25, 0.3) is 0 Å². The minimum Gasteiger partial charge on any atom is -0.383 e. The van der Waals surface area contributed by atoms with Gasteiger partial charge >= 0.3 is 6.03 Å². The van der Waals surface area contributed by atoms with Crippen molar-refractivity contribution < 1.29 is 18.8 Å². The molecule has 2 amide bonds. The Bertz CT molecular complexity index is 1830. The number of nitrogens with zero attached hydrogens (tertiary/aromatic N) is 8. The van der Waals surface area contributed by atoms with Crippen LogP contribution in [0.2, 0.25) is 0 Å². The normalized spacial score (nSPS) is 21.0. The number of carbonyl (C=O) groups excluding carboxylic acids is 1. The van der Waals surface area contributed by atoms with Crippen molar-refractivity contribution in [1.82, 2.24) is 39.6 Å². The van der Waals surface area contributed by atoms with E-state index in [0.29, 0.717) is 50.2 Å². The van der Waals surface area contributed by atoms with Gasteiger partial charge in [0.05, 0.1) is 30.4 Å². The van der Waals surface area contributed by atoms with E-state index in [1.165, 1.54) is 6.08 Å². The maximum Gasteiger partial charge on any atom is 0.320 e. The third-order valence-corrected chi connectivity index (χ3v) is 9.35. The van der Waals surface area contributed by atoms with Gasteiger partial charge < -0.3 is 19.5 Å². The number of nitrogens with one attached hydrogen (secondary N) is 2. The van der Waals surface area contributed by atoms with Gasteiger partial charge in [-0.3, -0.25) is 15.1 Å². The van der Waals surface area contributed by atoms with Gasteiger partial charge in [-0.2, -0.15) is 14.6 Å². The van der Waals surface area contributed by atoms with Crippen LogP contribution >= 0.6 is 0 Å². The van der Waals surface area contributed by atoms with Crippen LogP contribution in [0.15, 0.2) is 65.6 Å². The van der Waals surface area contributed by atoms with Crippen LogP contribution in [-0.2, 0) is 9.57 Å². The van der Waals surface area contributed by atoms with Crippen LogP contribution in [0.3, 0.4) is 0 Å². The van der Waals surface area contributed by atoms with Crippen LogP contribution in [0, 0.1) is 6.92 Å². The molecule has 2 fully saturated rings. The Labute approximate surface area is 278 Å². The molecule has 2 atom stereocenters. The number of aromatic nitrogens is 5. The number of para-hydroxylation sites is 1. The van der Waals surface area contributed by atoms with Gasteiger partial charge in [-0.15, -0.1) is 0 Å². The zero-order valence-corrected chi connectivity index (χ0v) is 27.5. The minimum absolute atomic E-state index is 0.339. The van der Waals surface area contributed by atoms with Gasteiger partial charge in [0.2, 0.25) is 5.97 Å². The summed E-state index contributed by atoms with van der Waals surface area (Å²) in [6, 6.07) is 11.2. The number of carbonyl (C=O) groups is 1. The molecule has 3 aliphatic heterocycles. The highest BCUT2D eigenvalue weighted by Gasteiger charge is 2.38. The third-order valence-electron chi connectivity index (χ3n) is 9.35. The first-order chi connectivity index (χ1) is 23.4. The molecule has 0 saturated carbocycles. The first kappa shape index (κ1) is 32.1. The summed E-state index contributed by atoms with van der Waals surface area (Å²) in [5.41, 5.74) is 5.47. The van der Waals surface area contributed by atoms with Crippen LogP contribution in [0.4, 0.5) is 15.0 Å². The molecule has 6 heterocycles. The quantitative estimate of drug-likeness (QED) is 0.273. The number of halogens is 1. The summed E-state index contributed by atoms with van der Waals surface area (Å²) in [6.07, 6.45) is 7.27. The number of methoxy groups -OCH3 is 1. The number of imidazole rings is 1. The van der Waals surface area contributed by atoms with Crippen LogP contribution < -0.4 is 10.6 Å². The number of anilines is 1. The lowest BCUT2D eigenvalue weighted by Crippen LogP contribution is -2.46. The highest BCUT2D eigenvalue weighted by molar-refractivity contribution is 5.92. The van der Waals surface area contributed by atoms with Gasteiger partial charge in [-0.25, -0.2) is 19.4 Å².